The zero-order valence-electron chi connectivity index (χ0n) is 13.2. The van der Waals surface area contributed by atoms with Gasteiger partial charge >= 0.3 is 5.97 Å². The third-order valence-corrected chi connectivity index (χ3v) is 4.63. The molecule has 5 nitrogen and oxygen atoms in total. The standard InChI is InChI=1S/C18H19NO4/c1-4-12-9-18(11-19,17(21)23-3)16(15(12)10-20)13-6-5-7-14(8-13)22-2/h4-8,10,12,15-16H,1,9H2,2-3H3/t12-,15-,16+,18-/m0/s1. The Bertz CT molecular complexity index is 663. The Labute approximate surface area is 135 Å². The minimum absolute atomic E-state index is 0.213. The van der Waals surface area contributed by atoms with E-state index < -0.39 is 23.2 Å². The molecule has 0 aromatic heterocycles. The average molecular weight is 313 g/mol. The summed E-state index contributed by atoms with van der Waals surface area (Å²) in [5.74, 6) is -1.40. The van der Waals surface area contributed by atoms with Crippen molar-refractivity contribution in [3.63, 3.8) is 0 Å². The summed E-state index contributed by atoms with van der Waals surface area (Å²) in [5, 5.41) is 9.77. The second-order valence-corrected chi connectivity index (χ2v) is 5.65. The van der Waals surface area contributed by atoms with Crippen molar-refractivity contribution >= 4 is 12.3 Å². The summed E-state index contributed by atoms with van der Waals surface area (Å²) in [7, 11) is 2.79. The Kier molecular flexibility index (Phi) is 4.85. The number of rotatable bonds is 5. The first kappa shape index (κ1) is 16.8. The number of carbonyl (C=O) groups is 2. The van der Waals surface area contributed by atoms with Crippen molar-refractivity contribution in [3.05, 3.63) is 42.5 Å². The van der Waals surface area contributed by atoms with Crippen molar-refractivity contribution in [1.29, 1.82) is 5.26 Å². The molecule has 1 aromatic carbocycles. The lowest BCUT2D eigenvalue weighted by atomic mass is 9.72. The van der Waals surface area contributed by atoms with Crippen LogP contribution >= 0.6 is 0 Å². The molecule has 0 unspecified atom stereocenters. The summed E-state index contributed by atoms with van der Waals surface area (Å²) in [6, 6.07) is 9.21. The van der Waals surface area contributed by atoms with Gasteiger partial charge in [0, 0.05) is 11.8 Å². The minimum Gasteiger partial charge on any atom is -0.497 e. The first-order chi connectivity index (χ1) is 11.1. The van der Waals surface area contributed by atoms with Crippen molar-refractivity contribution < 1.29 is 19.1 Å². The van der Waals surface area contributed by atoms with E-state index in [2.05, 4.69) is 12.6 Å². The molecule has 23 heavy (non-hydrogen) atoms. The number of carbonyl (C=O) groups excluding carboxylic acids is 2. The molecule has 1 aromatic rings. The molecule has 0 amide bonds. The summed E-state index contributed by atoms with van der Waals surface area (Å²) >= 11 is 0. The molecule has 1 aliphatic carbocycles. The van der Waals surface area contributed by atoms with E-state index in [1.165, 1.54) is 14.2 Å². The molecule has 0 N–H and O–H groups in total. The molecule has 5 heteroatoms. The maximum absolute atomic E-state index is 12.4. The Balaban J connectivity index is 2.64. The van der Waals surface area contributed by atoms with Crippen LogP contribution in [-0.4, -0.2) is 26.5 Å². The van der Waals surface area contributed by atoms with Crippen LogP contribution in [0.15, 0.2) is 36.9 Å². The monoisotopic (exact) mass is 313 g/mol. The number of nitriles is 1. The fraction of sp³-hybridized carbons (Fsp3) is 0.389. The van der Waals surface area contributed by atoms with Crippen LogP contribution in [0.4, 0.5) is 0 Å². The van der Waals surface area contributed by atoms with Crippen LogP contribution in [0, 0.1) is 28.6 Å². The quantitative estimate of drug-likeness (QED) is 0.474. The predicted octanol–water partition coefficient (Wildman–Crippen LogP) is 2.48. The van der Waals surface area contributed by atoms with Crippen LogP contribution < -0.4 is 4.74 Å². The molecule has 1 aliphatic rings. The number of aldehydes is 1. The van der Waals surface area contributed by atoms with Crippen LogP contribution in [0.2, 0.25) is 0 Å². The molecule has 0 aliphatic heterocycles. The second kappa shape index (κ2) is 6.66. The zero-order chi connectivity index (χ0) is 17.0. The second-order valence-electron chi connectivity index (χ2n) is 5.65. The Morgan fingerprint density at radius 3 is 2.74 bits per heavy atom. The minimum atomic E-state index is -1.41. The van der Waals surface area contributed by atoms with Gasteiger partial charge in [-0.15, -0.1) is 6.58 Å². The van der Waals surface area contributed by atoms with E-state index in [4.69, 9.17) is 9.47 Å². The Morgan fingerprint density at radius 2 is 2.22 bits per heavy atom. The number of esters is 1. The highest BCUT2D eigenvalue weighted by Gasteiger charge is 2.59. The van der Waals surface area contributed by atoms with Gasteiger partial charge in [-0.2, -0.15) is 5.26 Å². The normalized spacial score (nSPS) is 29.3. The fourth-order valence-electron chi connectivity index (χ4n) is 3.53. The van der Waals surface area contributed by atoms with Crippen molar-refractivity contribution in [2.75, 3.05) is 14.2 Å². The van der Waals surface area contributed by atoms with E-state index >= 15 is 0 Å². The van der Waals surface area contributed by atoms with Crippen LogP contribution in [0.25, 0.3) is 0 Å². The first-order valence-corrected chi connectivity index (χ1v) is 7.29. The Hall–Kier alpha value is -2.61. The molecule has 1 saturated carbocycles. The van der Waals surface area contributed by atoms with Gasteiger partial charge in [0.15, 0.2) is 5.41 Å². The number of nitrogens with zero attached hydrogens (tertiary/aromatic N) is 1. The number of hydrogen-bond acceptors (Lipinski definition) is 5. The number of allylic oxidation sites excluding steroid dienone is 1. The lowest BCUT2D eigenvalue weighted by molar-refractivity contribution is -0.150. The zero-order valence-corrected chi connectivity index (χ0v) is 13.2. The molecule has 0 heterocycles. The Morgan fingerprint density at radius 1 is 1.48 bits per heavy atom. The van der Waals surface area contributed by atoms with Crippen LogP contribution in [0.3, 0.4) is 0 Å². The van der Waals surface area contributed by atoms with Crippen LogP contribution in [-0.2, 0) is 14.3 Å². The number of ether oxygens (including phenoxy) is 2. The number of hydrogen-bond donors (Lipinski definition) is 0. The molecule has 0 bridgehead atoms. The summed E-state index contributed by atoms with van der Waals surface area (Å²) in [5.41, 5.74) is -0.705. The van der Waals surface area contributed by atoms with Crippen LogP contribution in [0.1, 0.15) is 17.9 Å². The smallest absolute Gasteiger partial charge is 0.326 e. The van der Waals surface area contributed by atoms with Gasteiger partial charge in [0.25, 0.3) is 0 Å². The molecule has 0 spiro atoms. The van der Waals surface area contributed by atoms with Crippen molar-refractivity contribution in [3.8, 4) is 11.8 Å². The van der Waals surface area contributed by atoms with Gasteiger partial charge in [0.05, 0.1) is 20.3 Å². The maximum Gasteiger partial charge on any atom is 0.326 e. The molecular formula is C18H19NO4. The highest BCUT2D eigenvalue weighted by molar-refractivity contribution is 5.84. The van der Waals surface area contributed by atoms with Gasteiger partial charge in [-0.3, -0.25) is 4.79 Å². The third-order valence-electron chi connectivity index (χ3n) is 4.63. The number of benzene rings is 1. The number of methoxy groups -OCH3 is 2. The molecule has 4 atom stereocenters. The lowest BCUT2D eigenvalue weighted by Crippen LogP contribution is -2.35. The first-order valence-electron chi connectivity index (χ1n) is 7.29. The van der Waals surface area contributed by atoms with E-state index in [9.17, 15) is 14.9 Å². The highest BCUT2D eigenvalue weighted by Crippen LogP contribution is 2.56. The predicted molar refractivity (Wildman–Crippen MR) is 83.7 cm³/mol. The van der Waals surface area contributed by atoms with E-state index in [1.54, 1.807) is 30.3 Å². The molecule has 1 fully saturated rings. The van der Waals surface area contributed by atoms with E-state index in [-0.39, 0.29) is 12.3 Å². The van der Waals surface area contributed by atoms with Gasteiger partial charge in [-0.05, 0) is 30.0 Å². The molecule has 2 rings (SSSR count). The van der Waals surface area contributed by atoms with E-state index in [0.717, 1.165) is 6.29 Å². The summed E-state index contributed by atoms with van der Waals surface area (Å²) < 4.78 is 10.1. The van der Waals surface area contributed by atoms with Crippen LogP contribution in [0.5, 0.6) is 5.75 Å². The summed E-state index contributed by atoms with van der Waals surface area (Å²) in [4.78, 5) is 24.1. The highest BCUT2D eigenvalue weighted by atomic mass is 16.5. The SMILES string of the molecule is C=C[C@H]1C[C@@](C#N)(C(=O)OC)[C@H](c2cccc(OC)c2)[C@H]1C=O. The van der Waals surface area contributed by atoms with Crippen molar-refractivity contribution in [1.82, 2.24) is 0 Å². The van der Waals surface area contributed by atoms with Crippen molar-refractivity contribution in [2.24, 2.45) is 17.3 Å². The van der Waals surface area contributed by atoms with E-state index in [1.807, 2.05) is 0 Å². The van der Waals surface area contributed by atoms with Gasteiger partial charge in [0.1, 0.15) is 12.0 Å². The van der Waals surface area contributed by atoms with Gasteiger partial charge in [0.2, 0.25) is 0 Å². The fourth-order valence-corrected chi connectivity index (χ4v) is 3.53. The molecule has 120 valence electrons. The van der Waals surface area contributed by atoms with Crippen molar-refractivity contribution in [2.45, 2.75) is 12.3 Å². The summed E-state index contributed by atoms with van der Waals surface area (Å²) in [6.07, 6.45) is 2.65. The molecular weight excluding hydrogens is 294 g/mol. The third kappa shape index (κ3) is 2.61. The van der Waals surface area contributed by atoms with Gasteiger partial charge in [-0.25, -0.2) is 0 Å². The largest absolute Gasteiger partial charge is 0.497 e. The average Bonchev–Trinajstić information content (AvgIpc) is 2.95. The topological polar surface area (TPSA) is 76.4 Å². The lowest BCUT2D eigenvalue weighted by Gasteiger charge is -2.28. The molecule has 0 radical (unpaired) electrons. The molecule has 0 saturated heterocycles. The van der Waals surface area contributed by atoms with E-state index in [0.29, 0.717) is 11.3 Å². The van der Waals surface area contributed by atoms with Gasteiger partial charge < -0.3 is 14.3 Å². The summed E-state index contributed by atoms with van der Waals surface area (Å²) in [6.45, 7) is 3.74. The van der Waals surface area contributed by atoms with Gasteiger partial charge in [-0.1, -0.05) is 18.2 Å². The maximum atomic E-state index is 12.4.